The summed E-state index contributed by atoms with van der Waals surface area (Å²) < 4.78 is 20.8. The summed E-state index contributed by atoms with van der Waals surface area (Å²) in [5, 5.41) is 2.78. The lowest BCUT2D eigenvalue weighted by molar-refractivity contribution is -0.115. The number of ether oxygens (including phenoxy) is 4. The van der Waals surface area contributed by atoms with Crippen molar-refractivity contribution < 1.29 is 23.7 Å². The lowest BCUT2D eigenvalue weighted by Crippen LogP contribution is -2.15. The SMILES string of the molecule is COc1ccc(CC(=O)Nc2cc(OC)c(OC)cc2N)cc1OC. The Morgan fingerprint density at radius 3 is 2.04 bits per heavy atom. The summed E-state index contributed by atoms with van der Waals surface area (Å²) in [6, 6.07) is 8.55. The fourth-order valence-corrected chi connectivity index (χ4v) is 2.37. The number of benzene rings is 2. The third-order valence-electron chi connectivity index (χ3n) is 3.64. The van der Waals surface area contributed by atoms with Crippen LogP contribution in [-0.4, -0.2) is 34.3 Å². The first kappa shape index (κ1) is 18.3. The second-order valence-corrected chi connectivity index (χ2v) is 5.21. The van der Waals surface area contributed by atoms with Gasteiger partial charge in [0, 0.05) is 12.1 Å². The van der Waals surface area contributed by atoms with Gasteiger partial charge in [-0.3, -0.25) is 4.79 Å². The van der Waals surface area contributed by atoms with Crippen LogP contribution in [-0.2, 0) is 11.2 Å². The van der Waals surface area contributed by atoms with Crippen molar-refractivity contribution in [1.29, 1.82) is 0 Å². The minimum absolute atomic E-state index is 0.161. The molecule has 2 aromatic carbocycles. The maximum atomic E-state index is 12.3. The van der Waals surface area contributed by atoms with E-state index in [1.807, 2.05) is 0 Å². The van der Waals surface area contributed by atoms with Gasteiger partial charge < -0.3 is 30.0 Å². The number of nitrogens with two attached hydrogens (primary N) is 1. The molecule has 0 heterocycles. The van der Waals surface area contributed by atoms with Crippen LogP contribution in [0.1, 0.15) is 5.56 Å². The number of methoxy groups -OCH3 is 4. The van der Waals surface area contributed by atoms with Gasteiger partial charge in [-0.25, -0.2) is 0 Å². The highest BCUT2D eigenvalue weighted by Gasteiger charge is 2.13. The fourth-order valence-electron chi connectivity index (χ4n) is 2.37. The summed E-state index contributed by atoms with van der Waals surface area (Å²) in [7, 11) is 6.14. The molecule has 134 valence electrons. The van der Waals surface area contributed by atoms with Gasteiger partial charge in [-0.2, -0.15) is 0 Å². The molecule has 3 N–H and O–H groups in total. The van der Waals surface area contributed by atoms with E-state index < -0.39 is 0 Å². The molecule has 0 saturated carbocycles. The van der Waals surface area contributed by atoms with E-state index in [0.717, 1.165) is 5.56 Å². The normalized spacial score (nSPS) is 10.1. The molecular formula is C18H22N2O5. The van der Waals surface area contributed by atoms with Gasteiger partial charge in [0.1, 0.15) is 0 Å². The Labute approximate surface area is 146 Å². The van der Waals surface area contributed by atoms with Crippen LogP contribution in [0.2, 0.25) is 0 Å². The highest BCUT2D eigenvalue weighted by atomic mass is 16.5. The topological polar surface area (TPSA) is 92.0 Å². The molecule has 2 aromatic rings. The van der Waals surface area contributed by atoms with Gasteiger partial charge in [0.15, 0.2) is 23.0 Å². The van der Waals surface area contributed by atoms with Gasteiger partial charge in [0.25, 0.3) is 0 Å². The number of hydrogen-bond acceptors (Lipinski definition) is 6. The summed E-state index contributed by atoms with van der Waals surface area (Å²) in [5.74, 6) is 1.94. The molecule has 25 heavy (non-hydrogen) atoms. The van der Waals surface area contributed by atoms with Crippen molar-refractivity contribution in [1.82, 2.24) is 0 Å². The molecule has 0 unspecified atom stereocenters. The molecule has 0 aliphatic rings. The van der Waals surface area contributed by atoms with Crippen LogP contribution in [0.5, 0.6) is 23.0 Å². The maximum Gasteiger partial charge on any atom is 0.228 e. The molecule has 0 spiro atoms. The number of carbonyl (C=O) groups excluding carboxylic acids is 1. The third kappa shape index (κ3) is 4.26. The molecular weight excluding hydrogens is 324 g/mol. The Balaban J connectivity index is 2.15. The van der Waals surface area contributed by atoms with E-state index in [0.29, 0.717) is 34.4 Å². The lowest BCUT2D eigenvalue weighted by atomic mass is 10.1. The summed E-state index contributed by atoms with van der Waals surface area (Å²) in [4.78, 5) is 12.3. The van der Waals surface area contributed by atoms with E-state index in [1.165, 1.54) is 14.2 Å². The third-order valence-corrected chi connectivity index (χ3v) is 3.64. The Morgan fingerprint density at radius 1 is 0.880 bits per heavy atom. The number of nitrogen functional groups attached to an aromatic ring is 1. The molecule has 7 nitrogen and oxygen atoms in total. The zero-order valence-electron chi connectivity index (χ0n) is 14.7. The van der Waals surface area contributed by atoms with Crippen molar-refractivity contribution in [2.45, 2.75) is 6.42 Å². The van der Waals surface area contributed by atoms with E-state index in [1.54, 1.807) is 44.6 Å². The molecule has 0 aromatic heterocycles. The van der Waals surface area contributed by atoms with Gasteiger partial charge in [-0.1, -0.05) is 6.07 Å². The van der Waals surface area contributed by atoms with Crippen LogP contribution in [0.15, 0.2) is 30.3 Å². The molecule has 0 aliphatic carbocycles. The van der Waals surface area contributed by atoms with E-state index in [2.05, 4.69) is 5.32 Å². The molecule has 1 amide bonds. The van der Waals surface area contributed by atoms with Crippen LogP contribution in [0.4, 0.5) is 11.4 Å². The zero-order valence-corrected chi connectivity index (χ0v) is 14.7. The number of rotatable bonds is 7. The number of nitrogens with one attached hydrogen (secondary N) is 1. The summed E-state index contributed by atoms with van der Waals surface area (Å²) in [5.41, 5.74) is 7.59. The number of amides is 1. The average Bonchev–Trinajstić information content (AvgIpc) is 2.62. The highest BCUT2D eigenvalue weighted by Crippen LogP contribution is 2.35. The summed E-state index contributed by atoms with van der Waals surface area (Å²) in [6.07, 6.45) is 0.161. The Hall–Kier alpha value is -3.09. The Kier molecular flexibility index (Phi) is 5.94. The molecule has 0 aliphatic heterocycles. The Morgan fingerprint density at radius 2 is 1.44 bits per heavy atom. The molecule has 0 fully saturated rings. The lowest BCUT2D eigenvalue weighted by Gasteiger charge is -2.14. The van der Waals surface area contributed by atoms with E-state index >= 15 is 0 Å². The number of hydrogen-bond donors (Lipinski definition) is 2. The van der Waals surface area contributed by atoms with Crippen LogP contribution in [0.3, 0.4) is 0 Å². The van der Waals surface area contributed by atoms with Crippen molar-refractivity contribution in [3.05, 3.63) is 35.9 Å². The number of carbonyl (C=O) groups is 1. The van der Waals surface area contributed by atoms with Crippen LogP contribution in [0.25, 0.3) is 0 Å². The summed E-state index contributed by atoms with van der Waals surface area (Å²) in [6.45, 7) is 0. The molecule has 0 atom stereocenters. The fraction of sp³-hybridized carbons (Fsp3) is 0.278. The summed E-state index contributed by atoms with van der Waals surface area (Å²) >= 11 is 0. The Bertz CT molecular complexity index is 761. The van der Waals surface area contributed by atoms with E-state index in [-0.39, 0.29) is 12.3 Å². The molecule has 0 saturated heterocycles. The van der Waals surface area contributed by atoms with Crippen molar-refractivity contribution in [3.63, 3.8) is 0 Å². The minimum Gasteiger partial charge on any atom is -0.493 e. The second kappa shape index (κ2) is 8.14. The molecule has 0 radical (unpaired) electrons. The molecule has 0 bridgehead atoms. The maximum absolute atomic E-state index is 12.3. The molecule has 2 rings (SSSR count). The monoisotopic (exact) mass is 346 g/mol. The first-order chi connectivity index (χ1) is 12.0. The van der Waals surface area contributed by atoms with Gasteiger partial charge in [0.2, 0.25) is 5.91 Å². The predicted octanol–water partition coefficient (Wildman–Crippen LogP) is 2.48. The van der Waals surface area contributed by atoms with Crippen molar-refractivity contribution in [2.24, 2.45) is 0 Å². The van der Waals surface area contributed by atoms with Crippen LogP contribution < -0.4 is 30.0 Å². The minimum atomic E-state index is -0.217. The zero-order chi connectivity index (χ0) is 18.4. The smallest absolute Gasteiger partial charge is 0.228 e. The molecule has 7 heteroatoms. The van der Waals surface area contributed by atoms with Crippen molar-refractivity contribution >= 4 is 17.3 Å². The van der Waals surface area contributed by atoms with Crippen LogP contribution in [0, 0.1) is 0 Å². The van der Waals surface area contributed by atoms with Crippen molar-refractivity contribution in [3.8, 4) is 23.0 Å². The number of anilines is 2. The predicted molar refractivity (Wildman–Crippen MR) is 95.8 cm³/mol. The van der Waals surface area contributed by atoms with Gasteiger partial charge >= 0.3 is 0 Å². The van der Waals surface area contributed by atoms with Gasteiger partial charge in [-0.15, -0.1) is 0 Å². The van der Waals surface area contributed by atoms with Gasteiger partial charge in [0.05, 0.1) is 46.2 Å². The van der Waals surface area contributed by atoms with Crippen LogP contribution >= 0.6 is 0 Å². The van der Waals surface area contributed by atoms with E-state index in [4.69, 9.17) is 24.7 Å². The highest BCUT2D eigenvalue weighted by molar-refractivity contribution is 5.95. The van der Waals surface area contributed by atoms with Gasteiger partial charge in [-0.05, 0) is 17.7 Å². The quantitative estimate of drug-likeness (QED) is 0.748. The van der Waals surface area contributed by atoms with Crippen molar-refractivity contribution in [2.75, 3.05) is 39.5 Å². The van der Waals surface area contributed by atoms with E-state index in [9.17, 15) is 4.79 Å². The first-order valence-corrected chi connectivity index (χ1v) is 7.54. The second-order valence-electron chi connectivity index (χ2n) is 5.21. The largest absolute Gasteiger partial charge is 0.493 e. The first-order valence-electron chi connectivity index (χ1n) is 7.54. The average molecular weight is 346 g/mol. The standard InChI is InChI=1S/C18H22N2O5/c1-22-14-6-5-11(7-15(14)23-2)8-18(21)20-13-10-17(25-4)16(24-3)9-12(13)19/h5-7,9-10H,8,19H2,1-4H3,(H,20,21).